The number of alkyl halides is 5. The zero-order chi connectivity index (χ0) is 18.4. The number of imide groups is 1. The standard InChI is InChI=1S/C17H10F5NO2/c18-9-16(19,17(20,21)22)10-5-7-11(8-6-10)23-14(24)12-3-1-2-4-13(12)15(23)25/h1-8H,9H2/t16-/m1/s1. The molecule has 1 atom stereocenters. The zero-order valence-electron chi connectivity index (χ0n) is 12.5. The molecule has 0 spiro atoms. The summed E-state index contributed by atoms with van der Waals surface area (Å²) in [6.07, 6.45) is -5.43. The Morgan fingerprint density at radius 1 is 0.800 bits per heavy atom. The lowest BCUT2D eigenvalue weighted by Crippen LogP contribution is -2.40. The minimum Gasteiger partial charge on any atom is -0.268 e. The quantitative estimate of drug-likeness (QED) is 0.612. The van der Waals surface area contributed by atoms with Gasteiger partial charge in [0.05, 0.1) is 16.8 Å². The fourth-order valence-electron chi connectivity index (χ4n) is 2.62. The van der Waals surface area contributed by atoms with Crippen molar-refractivity contribution < 1.29 is 31.5 Å². The van der Waals surface area contributed by atoms with E-state index in [1.54, 1.807) is 12.1 Å². The van der Waals surface area contributed by atoms with Crippen molar-refractivity contribution in [2.24, 2.45) is 0 Å². The van der Waals surface area contributed by atoms with Crippen molar-refractivity contribution in [3.05, 3.63) is 65.2 Å². The van der Waals surface area contributed by atoms with Gasteiger partial charge in [-0.2, -0.15) is 13.2 Å². The Kier molecular flexibility index (Phi) is 3.85. The molecule has 0 bridgehead atoms. The molecule has 2 aromatic carbocycles. The Morgan fingerprint density at radius 2 is 1.28 bits per heavy atom. The van der Waals surface area contributed by atoms with Crippen molar-refractivity contribution in [3.63, 3.8) is 0 Å². The van der Waals surface area contributed by atoms with Crippen LogP contribution in [-0.2, 0) is 5.67 Å². The van der Waals surface area contributed by atoms with Crippen molar-refractivity contribution in [1.29, 1.82) is 0 Å². The molecule has 2 aromatic rings. The third-order valence-electron chi connectivity index (χ3n) is 4.01. The van der Waals surface area contributed by atoms with Gasteiger partial charge in [0.15, 0.2) is 0 Å². The van der Waals surface area contributed by atoms with Crippen molar-refractivity contribution in [2.75, 3.05) is 11.6 Å². The smallest absolute Gasteiger partial charge is 0.268 e. The summed E-state index contributed by atoms with van der Waals surface area (Å²) in [5.74, 6) is -1.28. The number of rotatable bonds is 3. The van der Waals surface area contributed by atoms with Crippen LogP contribution in [0, 0.1) is 0 Å². The molecular weight excluding hydrogens is 345 g/mol. The third-order valence-corrected chi connectivity index (χ3v) is 4.01. The van der Waals surface area contributed by atoms with Crippen LogP contribution in [0.25, 0.3) is 0 Å². The largest absolute Gasteiger partial charge is 0.429 e. The normalized spacial score (nSPS) is 16.8. The molecule has 1 aliphatic heterocycles. The van der Waals surface area contributed by atoms with E-state index in [1.807, 2.05) is 0 Å². The Morgan fingerprint density at radius 3 is 1.68 bits per heavy atom. The molecule has 1 aliphatic rings. The molecule has 0 unspecified atom stereocenters. The Balaban J connectivity index is 1.97. The molecule has 25 heavy (non-hydrogen) atoms. The van der Waals surface area contributed by atoms with E-state index in [0.29, 0.717) is 12.1 Å². The van der Waals surface area contributed by atoms with Crippen LogP contribution >= 0.6 is 0 Å². The van der Waals surface area contributed by atoms with Crippen molar-refractivity contribution in [1.82, 2.24) is 0 Å². The first-order valence-corrected chi connectivity index (χ1v) is 7.10. The van der Waals surface area contributed by atoms with Gasteiger partial charge in [0.25, 0.3) is 17.5 Å². The molecule has 0 radical (unpaired) electrons. The van der Waals surface area contributed by atoms with Gasteiger partial charge in [0, 0.05) is 5.56 Å². The van der Waals surface area contributed by atoms with E-state index in [4.69, 9.17) is 0 Å². The number of carbonyl (C=O) groups is 2. The highest BCUT2D eigenvalue weighted by molar-refractivity contribution is 6.34. The van der Waals surface area contributed by atoms with Crippen molar-refractivity contribution in [2.45, 2.75) is 11.8 Å². The lowest BCUT2D eigenvalue weighted by atomic mass is 9.96. The van der Waals surface area contributed by atoms with Crippen LogP contribution < -0.4 is 4.90 Å². The first-order chi connectivity index (χ1) is 11.7. The summed E-state index contributed by atoms with van der Waals surface area (Å²) >= 11 is 0. The molecule has 0 aliphatic carbocycles. The number of anilines is 1. The van der Waals surface area contributed by atoms with Crippen LogP contribution in [0.1, 0.15) is 26.3 Å². The van der Waals surface area contributed by atoms with E-state index in [1.165, 1.54) is 12.1 Å². The molecule has 8 heteroatoms. The fraction of sp³-hybridized carbons (Fsp3) is 0.176. The summed E-state index contributed by atoms with van der Waals surface area (Å²) in [6.45, 7) is -2.27. The van der Waals surface area contributed by atoms with Gasteiger partial charge in [-0.05, 0) is 24.3 Å². The lowest BCUT2D eigenvalue weighted by molar-refractivity contribution is -0.240. The van der Waals surface area contributed by atoms with E-state index in [9.17, 15) is 31.5 Å². The summed E-state index contributed by atoms with van der Waals surface area (Å²) in [4.78, 5) is 25.4. The predicted molar refractivity (Wildman–Crippen MR) is 78.8 cm³/mol. The molecule has 130 valence electrons. The molecule has 0 N–H and O–H groups in total. The van der Waals surface area contributed by atoms with E-state index in [2.05, 4.69) is 0 Å². The molecular formula is C17H10F5NO2. The predicted octanol–water partition coefficient (Wildman–Crippen LogP) is 4.18. The van der Waals surface area contributed by atoms with Gasteiger partial charge in [0.2, 0.25) is 0 Å². The van der Waals surface area contributed by atoms with Gasteiger partial charge in [-0.1, -0.05) is 24.3 Å². The van der Waals surface area contributed by atoms with Gasteiger partial charge in [-0.15, -0.1) is 0 Å². The van der Waals surface area contributed by atoms with Crippen LogP contribution in [0.5, 0.6) is 0 Å². The maximum Gasteiger partial charge on any atom is 0.429 e. The third kappa shape index (κ3) is 2.48. The van der Waals surface area contributed by atoms with Gasteiger partial charge >= 0.3 is 6.18 Å². The summed E-state index contributed by atoms with van der Waals surface area (Å²) in [6, 6.07) is 9.42. The average molecular weight is 355 g/mol. The maximum atomic E-state index is 14.0. The number of halogens is 5. The molecule has 1 heterocycles. The summed E-state index contributed by atoms with van der Waals surface area (Å²) in [7, 11) is 0. The monoisotopic (exact) mass is 355 g/mol. The summed E-state index contributed by atoms with van der Waals surface area (Å²) in [5, 5.41) is 0. The van der Waals surface area contributed by atoms with Crippen LogP contribution in [0.15, 0.2) is 48.5 Å². The van der Waals surface area contributed by atoms with Crippen LogP contribution in [-0.4, -0.2) is 24.7 Å². The highest BCUT2D eigenvalue weighted by Crippen LogP contribution is 2.43. The van der Waals surface area contributed by atoms with E-state index in [-0.39, 0.29) is 16.8 Å². The van der Waals surface area contributed by atoms with Crippen LogP contribution in [0.4, 0.5) is 27.6 Å². The Hall–Kier alpha value is -2.77. The average Bonchev–Trinajstić information content (AvgIpc) is 2.85. The fourth-order valence-corrected chi connectivity index (χ4v) is 2.62. The van der Waals surface area contributed by atoms with E-state index >= 15 is 0 Å². The molecule has 3 nitrogen and oxygen atoms in total. The number of fused-ring (bicyclic) bond motifs is 1. The van der Waals surface area contributed by atoms with Crippen LogP contribution in [0.2, 0.25) is 0 Å². The number of benzene rings is 2. The molecule has 0 fully saturated rings. The van der Waals surface area contributed by atoms with Crippen molar-refractivity contribution in [3.8, 4) is 0 Å². The van der Waals surface area contributed by atoms with Crippen LogP contribution in [0.3, 0.4) is 0 Å². The molecule has 0 saturated carbocycles. The first-order valence-electron chi connectivity index (χ1n) is 7.10. The van der Waals surface area contributed by atoms with Gasteiger partial charge in [-0.3, -0.25) is 9.59 Å². The lowest BCUT2D eigenvalue weighted by Gasteiger charge is -2.25. The molecule has 0 saturated heterocycles. The Labute approximate surface area is 138 Å². The first kappa shape index (κ1) is 17.1. The molecule has 0 aromatic heterocycles. The molecule has 3 rings (SSSR count). The van der Waals surface area contributed by atoms with E-state index in [0.717, 1.165) is 17.0 Å². The number of amides is 2. The van der Waals surface area contributed by atoms with Gasteiger partial charge in [-0.25, -0.2) is 13.7 Å². The highest BCUT2D eigenvalue weighted by atomic mass is 19.4. The number of nitrogens with zero attached hydrogens (tertiary/aromatic N) is 1. The van der Waals surface area contributed by atoms with Gasteiger partial charge < -0.3 is 0 Å². The second-order valence-corrected chi connectivity index (χ2v) is 5.47. The van der Waals surface area contributed by atoms with E-state index < -0.39 is 35.9 Å². The summed E-state index contributed by atoms with van der Waals surface area (Å²) < 4.78 is 65.0. The number of hydrogen-bond acceptors (Lipinski definition) is 2. The second kappa shape index (κ2) is 5.65. The van der Waals surface area contributed by atoms with Gasteiger partial charge in [0.1, 0.15) is 6.67 Å². The minimum atomic E-state index is -5.43. The topological polar surface area (TPSA) is 37.4 Å². The molecule has 2 amide bonds. The zero-order valence-corrected chi connectivity index (χ0v) is 12.5. The highest BCUT2D eigenvalue weighted by Gasteiger charge is 2.57. The minimum absolute atomic E-state index is 0.0293. The summed E-state index contributed by atoms with van der Waals surface area (Å²) in [5.41, 5.74) is -4.79. The van der Waals surface area contributed by atoms with Crippen molar-refractivity contribution >= 4 is 17.5 Å². The maximum absolute atomic E-state index is 14.0. The SMILES string of the molecule is O=C1c2ccccc2C(=O)N1c1ccc([C@](F)(CF)C(F)(F)F)cc1. The number of hydrogen-bond donors (Lipinski definition) is 0. The Bertz CT molecular complexity index is 812. The second-order valence-electron chi connectivity index (χ2n) is 5.47. The number of carbonyl (C=O) groups excluding carboxylic acids is 2.